The van der Waals surface area contributed by atoms with Crippen LogP contribution in [0.4, 0.5) is 10.2 Å². The molecule has 2 unspecified atom stereocenters. The van der Waals surface area contributed by atoms with Crippen LogP contribution in [0.5, 0.6) is 0 Å². The molecule has 11 heteroatoms. The van der Waals surface area contributed by atoms with Gasteiger partial charge in [0.1, 0.15) is 19.8 Å². The van der Waals surface area contributed by atoms with Crippen LogP contribution in [0.25, 0.3) is 11.2 Å². The summed E-state index contributed by atoms with van der Waals surface area (Å²) in [7, 11) is -2.48. The summed E-state index contributed by atoms with van der Waals surface area (Å²) in [5.74, 6) is 0.679. The molecule has 0 radical (unpaired) electrons. The molecule has 0 N–H and O–H groups in total. The topological polar surface area (TPSA) is 91.5 Å². The molecular formula is C17H24FIN5O3P. The van der Waals surface area contributed by atoms with Crippen molar-refractivity contribution >= 4 is 53.4 Å². The van der Waals surface area contributed by atoms with Gasteiger partial charge in [0.15, 0.2) is 35.7 Å². The van der Waals surface area contributed by atoms with Crippen LogP contribution in [0.1, 0.15) is 26.5 Å². The first-order valence-electron chi connectivity index (χ1n) is 9.02. The molecular weight excluding hydrogens is 499 g/mol. The van der Waals surface area contributed by atoms with Crippen molar-refractivity contribution in [2.24, 2.45) is 10.9 Å². The van der Waals surface area contributed by atoms with Crippen LogP contribution in [0.2, 0.25) is 0 Å². The molecule has 6 atom stereocenters. The molecule has 0 spiro atoms. The van der Waals surface area contributed by atoms with E-state index in [0.717, 1.165) is 6.42 Å². The number of rotatable bonds is 8. The molecule has 3 rings (SSSR count). The van der Waals surface area contributed by atoms with Gasteiger partial charge < -0.3 is 14.0 Å². The van der Waals surface area contributed by atoms with Crippen molar-refractivity contribution in [3.8, 4) is 0 Å². The Morgan fingerprint density at radius 1 is 1.50 bits per heavy atom. The number of hydrogen-bond donors (Lipinski definition) is 0. The van der Waals surface area contributed by atoms with Crippen LogP contribution in [0, 0.1) is 5.92 Å². The number of ether oxygens (including phenoxy) is 2. The van der Waals surface area contributed by atoms with Crippen molar-refractivity contribution in [3.63, 3.8) is 0 Å². The Bertz CT molecular complexity index is 897. The minimum Gasteiger partial charge on any atom is -0.344 e. The molecule has 0 bridgehead atoms. The second kappa shape index (κ2) is 8.81. The van der Waals surface area contributed by atoms with Crippen LogP contribution < -0.4 is 0 Å². The van der Waals surface area contributed by atoms with Crippen LogP contribution in [-0.2, 0) is 14.0 Å². The highest BCUT2D eigenvalue weighted by Crippen LogP contribution is 2.46. The largest absolute Gasteiger partial charge is 0.344 e. The van der Waals surface area contributed by atoms with Crippen molar-refractivity contribution in [1.29, 1.82) is 0 Å². The van der Waals surface area contributed by atoms with Crippen molar-refractivity contribution in [3.05, 3.63) is 12.7 Å². The lowest BCUT2D eigenvalue weighted by Gasteiger charge is -2.21. The molecule has 154 valence electrons. The SMILES string of the molecule is C=Nc1ncnc2c1ncn2[C@@H]1O[C@H](OCP(C)(=O)CC(C)CC)[C@@H](I)[C@@H]1F. The summed E-state index contributed by atoms with van der Waals surface area (Å²) in [6.45, 7) is 9.32. The standard InChI is InChI=1S/C17H24FIN5O3P/c1-5-10(2)6-28(4,25)9-26-17-12(19)11(18)16(27-17)24-8-23-13-14(20-3)21-7-22-15(13)24/h7-8,10-12,16-17H,3,5-6,9H2,1-2,4H3/t10?,11-,12-,16+,17-,28?/m0/s1. The van der Waals surface area contributed by atoms with E-state index < -0.39 is 29.8 Å². The van der Waals surface area contributed by atoms with Crippen LogP contribution in [-0.4, -0.2) is 61.8 Å². The second-order valence-corrected chi connectivity index (χ2v) is 11.9. The Kier molecular flexibility index (Phi) is 6.84. The summed E-state index contributed by atoms with van der Waals surface area (Å²) in [5, 5.41) is 0. The summed E-state index contributed by atoms with van der Waals surface area (Å²) in [6.07, 6.45) is 1.30. The maximum Gasteiger partial charge on any atom is 0.182 e. The molecule has 0 aromatic carbocycles. The Hall–Kier alpha value is -0.970. The van der Waals surface area contributed by atoms with Gasteiger partial charge in [-0.05, 0) is 19.3 Å². The zero-order valence-corrected chi connectivity index (χ0v) is 19.1. The van der Waals surface area contributed by atoms with E-state index in [1.807, 2.05) is 22.6 Å². The van der Waals surface area contributed by atoms with Crippen LogP contribution in [0.3, 0.4) is 0 Å². The Labute approximate surface area is 176 Å². The Morgan fingerprint density at radius 3 is 2.93 bits per heavy atom. The van der Waals surface area contributed by atoms with Gasteiger partial charge in [-0.3, -0.25) is 4.57 Å². The monoisotopic (exact) mass is 523 g/mol. The number of alkyl halides is 2. The molecule has 8 nitrogen and oxygen atoms in total. The first kappa shape index (κ1) is 21.7. The quantitative estimate of drug-likeness (QED) is 0.223. The number of aromatic nitrogens is 4. The van der Waals surface area contributed by atoms with E-state index in [4.69, 9.17) is 9.47 Å². The smallest absolute Gasteiger partial charge is 0.182 e. The fourth-order valence-electron chi connectivity index (χ4n) is 3.16. The Morgan fingerprint density at radius 2 is 2.25 bits per heavy atom. The lowest BCUT2D eigenvalue weighted by molar-refractivity contribution is -0.139. The average Bonchev–Trinajstić information content (AvgIpc) is 3.21. The maximum atomic E-state index is 15.0. The minimum absolute atomic E-state index is 0.0678. The highest BCUT2D eigenvalue weighted by molar-refractivity contribution is 14.1. The lowest BCUT2D eigenvalue weighted by atomic mass is 10.2. The second-order valence-electron chi connectivity index (χ2n) is 7.25. The van der Waals surface area contributed by atoms with E-state index in [1.54, 1.807) is 6.66 Å². The highest BCUT2D eigenvalue weighted by Gasteiger charge is 2.46. The number of fused-ring (bicyclic) bond motifs is 1. The third-order valence-corrected chi connectivity index (χ3v) is 8.15. The summed E-state index contributed by atoms with van der Waals surface area (Å²) in [5.41, 5.74) is 0.835. The van der Waals surface area contributed by atoms with E-state index in [-0.39, 0.29) is 6.35 Å². The summed E-state index contributed by atoms with van der Waals surface area (Å²) >= 11 is 1.97. The van der Waals surface area contributed by atoms with Gasteiger partial charge in [0.2, 0.25) is 0 Å². The fraction of sp³-hybridized carbons (Fsp3) is 0.647. The third-order valence-electron chi connectivity index (χ3n) is 4.78. The molecule has 0 amide bonds. The van der Waals surface area contributed by atoms with Crippen molar-refractivity contribution in [2.75, 3.05) is 19.2 Å². The van der Waals surface area contributed by atoms with E-state index >= 15 is 0 Å². The van der Waals surface area contributed by atoms with Gasteiger partial charge in [-0.15, -0.1) is 0 Å². The Balaban J connectivity index is 1.74. The average molecular weight is 523 g/mol. The van der Waals surface area contributed by atoms with Crippen LogP contribution >= 0.6 is 29.7 Å². The molecule has 3 heterocycles. The van der Waals surface area contributed by atoms with Crippen molar-refractivity contribution in [2.45, 2.75) is 42.9 Å². The maximum absolute atomic E-state index is 15.0. The van der Waals surface area contributed by atoms with Crippen molar-refractivity contribution in [1.82, 2.24) is 19.5 Å². The van der Waals surface area contributed by atoms with Gasteiger partial charge in [0.05, 0.1) is 10.3 Å². The molecule has 1 aliphatic rings. The molecule has 0 aliphatic carbocycles. The van der Waals surface area contributed by atoms with E-state index in [9.17, 15) is 8.96 Å². The predicted molar refractivity (Wildman–Crippen MR) is 115 cm³/mol. The number of aliphatic imine (C=N–C) groups is 1. The molecule has 1 saturated heterocycles. The van der Waals surface area contributed by atoms with Crippen LogP contribution in [0.15, 0.2) is 17.6 Å². The first-order chi connectivity index (χ1) is 13.3. The third kappa shape index (κ3) is 4.44. The molecule has 1 fully saturated rings. The van der Waals surface area contributed by atoms with Gasteiger partial charge in [-0.1, -0.05) is 42.9 Å². The fourth-order valence-corrected chi connectivity index (χ4v) is 6.04. The van der Waals surface area contributed by atoms with E-state index in [2.05, 4.69) is 40.5 Å². The summed E-state index contributed by atoms with van der Waals surface area (Å²) in [4.78, 5) is 16.2. The molecule has 1 aliphatic heterocycles. The number of imidazole rings is 1. The summed E-state index contributed by atoms with van der Waals surface area (Å²) in [6, 6.07) is 0. The molecule has 28 heavy (non-hydrogen) atoms. The van der Waals surface area contributed by atoms with Gasteiger partial charge in [-0.2, -0.15) is 0 Å². The van der Waals surface area contributed by atoms with Gasteiger partial charge >= 0.3 is 0 Å². The van der Waals surface area contributed by atoms with Gasteiger partial charge in [-0.25, -0.2) is 24.3 Å². The number of nitrogens with zero attached hydrogens (tertiary/aromatic N) is 5. The molecule has 2 aromatic heterocycles. The first-order valence-corrected chi connectivity index (χ1v) is 12.8. The van der Waals surface area contributed by atoms with Crippen molar-refractivity contribution < 1.29 is 18.4 Å². The zero-order valence-electron chi connectivity index (χ0n) is 16.0. The predicted octanol–water partition coefficient (Wildman–Crippen LogP) is 4.17. The number of hydrogen-bond acceptors (Lipinski definition) is 7. The summed E-state index contributed by atoms with van der Waals surface area (Å²) < 4.78 is 40.3. The zero-order chi connectivity index (χ0) is 20.5. The lowest BCUT2D eigenvalue weighted by Crippen LogP contribution is -2.25. The van der Waals surface area contributed by atoms with E-state index in [0.29, 0.717) is 29.1 Å². The normalized spacial score (nSPS) is 28.3. The van der Waals surface area contributed by atoms with E-state index in [1.165, 1.54) is 17.2 Å². The minimum atomic E-state index is -2.48. The molecule has 2 aromatic rings. The van der Waals surface area contributed by atoms with Gasteiger partial charge in [0.25, 0.3) is 0 Å². The molecule has 0 saturated carbocycles. The highest BCUT2D eigenvalue weighted by atomic mass is 127. The number of halogens is 2. The van der Waals surface area contributed by atoms with Gasteiger partial charge in [0, 0.05) is 6.16 Å².